The zero-order valence-corrected chi connectivity index (χ0v) is 17.9. The third-order valence-electron chi connectivity index (χ3n) is 6.13. The Morgan fingerprint density at radius 2 is 2.12 bits per heavy atom. The third kappa shape index (κ3) is 3.98. The molecule has 0 unspecified atom stereocenters. The molecule has 168 valence electrons. The van der Waals surface area contributed by atoms with Crippen molar-refractivity contribution in [2.24, 2.45) is 0 Å². The quantitative estimate of drug-likeness (QED) is 0.462. The van der Waals surface area contributed by atoms with E-state index in [9.17, 15) is 9.90 Å². The molecule has 3 atom stereocenters. The van der Waals surface area contributed by atoms with Gasteiger partial charge in [0.05, 0.1) is 24.9 Å². The number of nitrogens with one attached hydrogen (secondary N) is 3. The number of amides is 1. The standard InChI is InChI=1S/C22H27N7O3/c1-23-20-10-19(27-18-6-2-5-15(25-18)13-4-3-9-32-12-13)28-21-14(11-24-29(20)21)22(31)26-16-7-8-17(16)30/h2,5-6,10-11,13,16-17,23,30H,3-4,7-9,12H2,1H3,(H,26,31)(H,25,27,28)/t13-,16+,17-/m1/s1. The van der Waals surface area contributed by atoms with E-state index in [4.69, 9.17) is 9.72 Å². The van der Waals surface area contributed by atoms with Crippen LogP contribution in [0.2, 0.25) is 0 Å². The molecule has 3 aromatic heterocycles. The number of carbonyl (C=O) groups excluding carboxylic acids is 1. The predicted octanol–water partition coefficient (Wildman–Crippen LogP) is 2.06. The van der Waals surface area contributed by atoms with Crippen molar-refractivity contribution in [1.82, 2.24) is 24.9 Å². The van der Waals surface area contributed by atoms with Gasteiger partial charge in [0.1, 0.15) is 23.0 Å². The number of hydrogen-bond acceptors (Lipinski definition) is 8. The van der Waals surface area contributed by atoms with Gasteiger partial charge in [-0.15, -0.1) is 0 Å². The molecule has 2 fully saturated rings. The second kappa shape index (κ2) is 8.71. The Morgan fingerprint density at radius 1 is 1.22 bits per heavy atom. The van der Waals surface area contributed by atoms with Crippen LogP contribution in [0.5, 0.6) is 0 Å². The Morgan fingerprint density at radius 3 is 2.84 bits per heavy atom. The summed E-state index contributed by atoms with van der Waals surface area (Å²) in [5, 5.41) is 23.3. The highest BCUT2D eigenvalue weighted by Gasteiger charge is 2.31. The fourth-order valence-electron chi connectivity index (χ4n) is 4.12. The number of nitrogens with zero attached hydrogens (tertiary/aromatic N) is 4. The van der Waals surface area contributed by atoms with E-state index < -0.39 is 6.10 Å². The monoisotopic (exact) mass is 437 g/mol. The van der Waals surface area contributed by atoms with Gasteiger partial charge < -0.3 is 25.8 Å². The van der Waals surface area contributed by atoms with Gasteiger partial charge >= 0.3 is 0 Å². The Bertz CT molecular complexity index is 1130. The van der Waals surface area contributed by atoms with Crippen LogP contribution in [0.15, 0.2) is 30.5 Å². The highest BCUT2D eigenvalue weighted by atomic mass is 16.5. The molecule has 1 saturated heterocycles. The van der Waals surface area contributed by atoms with E-state index in [0.29, 0.717) is 47.6 Å². The van der Waals surface area contributed by atoms with Crippen molar-refractivity contribution in [2.45, 2.75) is 43.7 Å². The Kier molecular flexibility index (Phi) is 5.62. The van der Waals surface area contributed by atoms with Crippen molar-refractivity contribution >= 4 is 29.0 Å². The zero-order chi connectivity index (χ0) is 22.1. The number of aliphatic hydroxyl groups excluding tert-OH is 1. The second-order valence-electron chi connectivity index (χ2n) is 8.28. The normalized spacial score (nSPS) is 22.9. The molecule has 10 heteroatoms. The molecule has 0 aromatic carbocycles. The van der Waals surface area contributed by atoms with E-state index in [-0.39, 0.29) is 11.9 Å². The molecular weight excluding hydrogens is 410 g/mol. The lowest BCUT2D eigenvalue weighted by molar-refractivity contribution is 0.0448. The molecule has 0 radical (unpaired) electrons. The van der Waals surface area contributed by atoms with Crippen LogP contribution in [0.1, 0.15) is 47.7 Å². The summed E-state index contributed by atoms with van der Waals surface area (Å²) in [6.07, 6.45) is 4.57. The highest BCUT2D eigenvalue weighted by molar-refractivity contribution is 6.00. The second-order valence-corrected chi connectivity index (χ2v) is 8.28. The lowest BCUT2D eigenvalue weighted by Crippen LogP contribution is -2.50. The summed E-state index contributed by atoms with van der Waals surface area (Å²) in [7, 11) is 1.78. The first-order valence-corrected chi connectivity index (χ1v) is 11.0. The summed E-state index contributed by atoms with van der Waals surface area (Å²) in [4.78, 5) is 22.2. The lowest BCUT2D eigenvalue weighted by atomic mass is 9.89. The molecule has 1 amide bonds. The number of aromatic nitrogens is 4. The van der Waals surface area contributed by atoms with E-state index in [1.54, 1.807) is 11.6 Å². The van der Waals surface area contributed by atoms with Gasteiger partial charge in [0.15, 0.2) is 5.65 Å². The van der Waals surface area contributed by atoms with Gasteiger partial charge in [-0.1, -0.05) is 6.07 Å². The summed E-state index contributed by atoms with van der Waals surface area (Å²) >= 11 is 0. The van der Waals surface area contributed by atoms with Crippen molar-refractivity contribution in [1.29, 1.82) is 0 Å². The predicted molar refractivity (Wildman–Crippen MR) is 119 cm³/mol. The molecule has 1 aliphatic heterocycles. The smallest absolute Gasteiger partial charge is 0.257 e. The molecule has 4 heterocycles. The first-order valence-electron chi connectivity index (χ1n) is 11.0. The number of aliphatic hydroxyl groups is 1. The Labute approximate surface area is 185 Å². The molecule has 32 heavy (non-hydrogen) atoms. The number of pyridine rings is 1. The molecule has 0 spiro atoms. The maximum atomic E-state index is 12.8. The molecule has 1 saturated carbocycles. The van der Waals surface area contributed by atoms with Crippen molar-refractivity contribution in [2.75, 3.05) is 30.9 Å². The summed E-state index contributed by atoms with van der Waals surface area (Å²) < 4.78 is 7.19. The largest absolute Gasteiger partial charge is 0.391 e. The number of anilines is 3. The molecule has 3 aromatic rings. The number of carbonyl (C=O) groups is 1. The van der Waals surface area contributed by atoms with E-state index in [1.807, 2.05) is 24.3 Å². The number of fused-ring (bicyclic) bond motifs is 1. The van der Waals surface area contributed by atoms with Crippen molar-refractivity contribution in [3.05, 3.63) is 41.7 Å². The molecule has 5 rings (SSSR count). The van der Waals surface area contributed by atoms with Gasteiger partial charge in [-0.2, -0.15) is 9.61 Å². The average molecular weight is 438 g/mol. The lowest BCUT2D eigenvalue weighted by Gasteiger charge is -2.32. The van der Waals surface area contributed by atoms with Gasteiger partial charge in [-0.05, 0) is 37.8 Å². The molecular formula is C22H27N7O3. The van der Waals surface area contributed by atoms with Crippen LogP contribution >= 0.6 is 0 Å². The first-order chi connectivity index (χ1) is 15.6. The van der Waals surface area contributed by atoms with Gasteiger partial charge in [0.2, 0.25) is 0 Å². The van der Waals surface area contributed by atoms with Gasteiger partial charge in [-0.25, -0.2) is 9.97 Å². The number of ether oxygens (including phenoxy) is 1. The van der Waals surface area contributed by atoms with E-state index >= 15 is 0 Å². The van der Waals surface area contributed by atoms with Crippen LogP contribution in [-0.2, 0) is 4.74 Å². The minimum absolute atomic E-state index is 0.224. The molecule has 1 aliphatic carbocycles. The minimum atomic E-state index is -0.494. The molecule has 2 aliphatic rings. The SMILES string of the molecule is CNc1cc(Nc2cccc([C@@H]3CCCOC3)n2)nc2c(C(=O)N[C@H]3CC[C@H]3O)cnn12. The van der Waals surface area contributed by atoms with Crippen LogP contribution < -0.4 is 16.0 Å². The summed E-state index contributed by atoms with van der Waals surface area (Å²) in [5.74, 6) is 1.89. The first kappa shape index (κ1) is 20.7. The van der Waals surface area contributed by atoms with Crippen LogP contribution in [0.25, 0.3) is 5.65 Å². The highest BCUT2D eigenvalue weighted by Crippen LogP contribution is 2.27. The number of hydrogen-bond donors (Lipinski definition) is 4. The van der Waals surface area contributed by atoms with Gasteiger partial charge in [0.25, 0.3) is 5.91 Å². The van der Waals surface area contributed by atoms with Crippen LogP contribution in [-0.4, -0.2) is 63.0 Å². The van der Waals surface area contributed by atoms with Gasteiger partial charge in [0, 0.05) is 31.3 Å². The molecule has 4 N–H and O–H groups in total. The fraction of sp³-hybridized carbons (Fsp3) is 0.455. The van der Waals surface area contributed by atoms with E-state index in [0.717, 1.165) is 31.6 Å². The van der Waals surface area contributed by atoms with E-state index in [2.05, 4.69) is 26.0 Å². The maximum Gasteiger partial charge on any atom is 0.257 e. The van der Waals surface area contributed by atoms with Crippen molar-refractivity contribution in [3.63, 3.8) is 0 Å². The summed E-state index contributed by atoms with van der Waals surface area (Å²) in [6.45, 7) is 1.50. The maximum absolute atomic E-state index is 12.8. The Balaban J connectivity index is 1.42. The van der Waals surface area contributed by atoms with Crippen molar-refractivity contribution < 1.29 is 14.6 Å². The summed E-state index contributed by atoms with van der Waals surface area (Å²) in [5.41, 5.74) is 1.76. The third-order valence-corrected chi connectivity index (χ3v) is 6.13. The molecule has 10 nitrogen and oxygen atoms in total. The van der Waals surface area contributed by atoms with Crippen LogP contribution in [0.3, 0.4) is 0 Å². The van der Waals surface area contributed by atoms with Crippen molar-refractivity contribution in [3.8, 4) is 0 Å². The van der Waals surface area contributed by atoms with Crippen LogP contribution in [0.4, 0.5) is 17.5 Å². The number of rotatable bonds is 6. The Hall–Kier alpha value is -3.24. The summed E-state index contributed by atoms with van der Waals surface area (Å²) in [6, 6.07) is 7.47. The van der Waals surface area contributed by atoms with Gasteiger partial charge in [-0.3, -0.25) is 4.79 Å². The average Bonchev–Trinajstić information content (AvgIpc) is 3.26. The topological polar surface area (TPSA) is 126 Å². The van der Waals surface area contributed by atoms with Crippen LogP contribution in [0, 0.1) is 0 Å². The zero-order valence-electron chi connectivity index (χ0n) is 17.9. The van der Waals surface area contributed by atoms with E-state index in [1.165, 1.54) is 6.20 Å². The minimum Gasteiger partial charge on any atom is -0.391 e. The fourth-order valence-corrected chi connectivity index (χ4v) is 4.12. The molecule has 0 bridgehead atoms.